The Morgan fingerprint density at radius 2 is 1.08 bits per heavy atom. The van der Waals surface area contributed by atoms with E-state index >= 15 is 0 Å². The fourth-order valence-electron chi connectivity index (χ4n) is 7.05. The van der Waals surface area contributed by atoms with Gasteiger partial charge in [0.25, 0.3) is 0 Å². The van der Waals surface area contributed by atoms with Crippen LogP contribution >= 0.6 is 39.1 Å². The monoisotopic (exact) mass is 784 g/mol. The standard InChI is InChI=1S/C24H16ClN.C13H9.C12H8BrCl/c25-19-9-5-7-17(15-19)18-8-6-10-20(16-18)26-23-13-3-1-11-21(23)22-12-2-4-14-24(22)26;1-3-7-12-10(5-1)9-11-6-2-4-8-13(11)12;13-11-5-1-3-9(7-11)10-4-2-6-12(14)8-10/h1-16H;1,3-8H,9H2;1-8H/q;+1;. The summed E-state index contributed by atoms with van der Waals surface area (Å²) >= 11 is 15.6. The minimum absolute atomic E-state index is 0.754. The molecule has 254 valence electrons. The van der Waals surface area contributed by atoms with Crippen LogP contribution in [-0.4, -0.2) is 4.57 Å². The molecule has 4 heteroatoms. The van der Waals surface area contributed by atoms with Crippen molar-refractivity contribution < 1.29 is 0 Å². The van der Waals surface area contributed by atoms with Crippen LogP contribution in [0.3, 0.4) is 0 Å². The molecule has 7 aromatic carbocycles. The van der Waals surface area contributed by atoms with Gasteiger partial charge in [0.05, 0.1) is 28.3 Å². The van der Waals surface area contributed by atoms with Crippen LogP contribution in [0.5, 0.6) is 0 Å². The van der Waals surface area contributed by atoms with E-state index in [9.17, 15) is 0 Å². The lowest BCUT2D eigenvalue weighted by Gasteiger charge is -2.10. The second-order valence-electron chi connectivity index (χ2n) is 12.9. The van der Waals surface area contributed by atoms with E-state index in [-0.39, 0.29) is 0 Å². The third kappa shape index (κ3) is 7.55. The third-order valence-electron chi connectivity index (χ3n) is 9.46. The molecule has 1 heterocycles. The number of rotatable bonds is 3. The topological polar surface area (TPSA) is 4.93 Å². The van der Waals surface area contributed by atoms with Crippen molar-refractivity contribution in [3.05, 3.63) is 225 Å². The van der Waals surface area contributed by atoms with Crippen LogP contribution in [0.2, 0.25) is 10.0 Å². The third-order valence-corrected chi connectivity index (χ3v) is 10.4. The van der Waals surface area contributed by atoms with Crippen molar-refractivity contribution in [1.82, 2.24) is 4.57 Å². The van der Waals surface area contributed by atoms with Gasteiger partial charge in [0, 0.05) is 49.0 Å². The maximum Gasteiger partial charge on any atom is 0.107 e. The smallest absolute Gasteiger partial charge is 0.107 e. The highest BCUT2D eigenvalue weighted by molar-refractivity contribution is 9.10. The van der Waals surface area contributed by atoms with Gasteiger partial charge in [-0.3, -0.25) is 0 Å². The molecule has 0 saturated carbocycles. The van der Waals surface area contributed by atoms with Crippen molar-refractivity contribution in [2.75, 3.05) is 0 Å². The Morgan fingerprint density at radius 3 is 1.72 bits per heavy atom. The Balaban J connectivity index is 0.000000125. The van der Waals surface area contributed by atoms with E-state index in [1.54, 1.807) is 0 Å². The SMILES string of the molecule is Clc1cccc(-c2cccc(-n3c4ccccc4c4ccccc43)c2)c1.Clc1cccc(-c2cccc(Br)c2)c1.[C+]1=CC2=C(C=C1)c1ccccc1C2. The zero-order chi connectivity index (χ0) is 36.1. The summed E-state index contributed by atoms with van der Waals surface area (Å²) in [7, 11) is 0. The number of allylic oxidation sites excluding steroid dienone is 6. The molecule has 10 rings (SSSR count). The van der Waals surface area contributed by atoms with E-state index in [2.05, 4.69) is 154 Å². The molecule has 2 aliphatic carbocycles. The molecular formula is C49H33BrCl2N+. The first-order chi connectivity index (χ1) is 26.0. The highest BCUT2D eigenvalue weighted by Crippen LogP contribution is 2.36. The van der Waals surface area contributed by atoms with Crippen LogP contribution in [-0.2, 0) is 6.42 Å². The summed E-state index contributed by atoms with van der Waals surface area (Å²) < 4.78 is 3.41. The van der Waals surface area contributed by atoms with Crippen molar-refractivity contribution in [3.8, 4) is 27.9 Å². The lowest BCUT2D eigenvalue weighted by atomic mass is 10.0. The van der Waals surface area contributed by atoms with Crippen LogP contribution in [0, 0.1) is 6.08 Å². The number of aromatic nitrogens is 1. The van der Waals surface area contributed by atoms with Crippen LogP contribution in [0.1, 0.15) is 11.1 Å². The van der Waals surface area contributed by atoms with Crippen LogP contribution in [0.4, 0.5) is 0 Å². The lowest BCUT2D eigenvalue weighted by molar-refractivity contribution is 1.18. The largest absolute Gasteiger partial charge is 0.309 e. The molecule has 0 unspecified atom stereocenters. The molecule has 0 N–H and O–H groups in total. The maximum absolute atomic E-state index is 6.19. The van der Waals surface area contributed by atoms with Crippen LogP contribution < -0.4 is 0 Å². The van der Waals surface area contributed by atoms with Gasteiger partial charge >= 0.3 is 0 Å². The summed E-state index contributed by atoms with van der Waals surface area (Å²) in [5, 5.41) is 4.07. The van der Waals surface area contributed by atoms with Gasteiger partial charge < -0.3 is 4.57 Å². The molecular weight excluding hydrogens is 753 g/mol. The second-order valence-corrected chi connectivity index (χ2v) is 14.7. The molecule has 0 atom stereocenters. The number of hydrogen-bond acceptors (Lipinski definition) is 0. The van der Waals surface area contributed by atoms with Gasteiger partial charge in [-0.25, -0.2) is 0 Å². The molecule has 0 aliphatic heterocycles. The predicted molar refractivity (Wildman–Crippen MR) is 230 cm³/mol. The minimum atomic E-state index is 0.754. The summed E-state index contributed by atoms with van der Waals surface area (Å²) in [5.74, 6) is 0. The van der Waals surface area contributed by atoms with Crippen molar-refractivity contribution in [1.29, 1.82) is 0 Å². The number of benzene rings is 7. The summed E-state index contributed by atoms with van der Waals surface area (Å²) in [4.78, 5) is 0. The van der Waals surface area contributed by atoms with E-state index in [1.165, 1.54) is 49.6 Å². The molecule has 0 fully saturated rings. The highest BCUT2D eigenvalue weighted by Gasteiger charge is 2.25. The van der Waals surface area contributed by atoms with Crippen molar-refractivity contribution >= 4 is 66.5 Å². The Hall–Kier alpha value is -5.47. The predicted octanol–water partition coefficient (Wildman–Crippen LogP) is 14.8. The van der Waals surface area contributed by atoms with Crippen LogP contribution in [0.15, 0.2) is 198 Å². The van der Waals surface area contributed by atoms with Gasteiger partial charge in [-0.05, 0) is 88.5 Å². The molecule has 0 bridgehead atoms. The Bertz CT molecular complexity index is 2600. The average molecular weight is 787 g/mol. The van der Waals surface area contributed by atoms with Crippen LogP contribution in [0.25, 0.3) is 55.3 Å². The summed E-state index contributed by atoms with van der Waals surface area (Å²) in [6.45, 7) is 0. The molecule has 0 saturated heterocycles. The first-order valence-electron chi connectivity index (χ1n) is 17.5. The molecule has 1 aromatic heterocycles. The molecule has 0 amide bonds. The van der Waals surface area contributed by atoms with Crippen molar-refractivity contribution in [3.63, 3.8) is 0 Å². The minimum Gasteiger partial charge on any atom is -0.309 e. The van der Waals surface area contributed by atoms with Crippen molar-refractivity contribution in [2.24, 2.45) is 0 Å². The Morgan fingerprint density at radius 1 is 0.528 bits per heavy atom. The number of para-hydroxylation sites is 2. The van der Waals surface area contributed by atoms with E-state index < -0.39 is 0 Å². The molecule has 2 aliphatic rings. The van der Waals surface area contributed by atoms with Gasteiger partial charge in [0.15, 0.2) is 0 Å². The van der Waals surface area contributed by atoms with Gasteiger partial charge in [-0.1, -0.05) is 148 Å². The molecule has 0 spiro atoms. The highest BCUT2D eigenvalue weighted by atomic mass is 79.9. The molecule has 8 aromatic rings. The molecule has 53 heavy (non-hydrogen) atoms. The quantitative estimate of drug-likeness (QED) is 0.157. The number of nitrogens with zero attached hydrogens (tertiary/aromatic N) is 1. The van der Waals surface area contributed by atoms with E-state index in [0.29, 0.717) is 0 Å². The summed E-state index contributed by atoms with van der Waals surface area (Å²) in [6.07, 6.45) is 10.4. The first-order valence-corrected chi connectivity index (χ1v) is 19.0. The normalized spacial score (nSPS) is 12.4. The maximum atomic E-state index is 6.19. The number of hydrogen-bond donors (Lipinski definition) is 0. The second kappa shape index (κ2) is 15.6. The zero-order valence-corrected chi connectivity index (χ0v) is 31.8. The summed E-state index contributed by atoms with van der Waals surface area (Å²) in [6, 6.07) is 58.4. The van der Waals surface area contributed by atoms with Gasteiger partial charge in [-0.15, -0.1) is 0 Å². The first kappa shape index (κ1) is 34.6. The fraction of sp³-hybridized carbons (Fsp3) is 0.0204. The average Bonchev–Trinajstić information content (AvgIpc) is 3.75. The van der Waals surface area contributed by atoms with Gasteiger partial charge in [0.2, 0.25) is 0 Å². The van der Waals surface area contributed by atoms with Gasteiger partial charge in [-0.2, -0.15) is 0 Å². The summed E-state index contributed by atoms with van der Waals surface area (Å²) in [5.41, 5.74) is 13.8. The van der Waals surface area contributed by atoms with E-state index in [4.69, 9.17) is 23.2 Å². The lowest BCUT2D eigenvalue weighted by Crippen LogP contribution is -1.94. The molecule has 0 radical (unpaired) electrons. The number of halogens is 3. The Labute approximate surface area is 328 Å². The van der Waals surface area contributed by atoms with Crippen molar-refractivity contribution in [2.45, 2.75) is 6.42 Å². The fourth-order valence-corrected chi connectivity index (χ4v) is 7.83. The van der Waals surface area contributed by atoms with E-state index in [0.717, 1.165) is 43.3 Å². The van der Waals surface area contributed by atoms with Gasteiger partial charge in [0.1, 0.15) is 12.2 Å². The van der Waals surface area contributed by atoms with E-state index in [1.807, 2.05) is 60.7 Å². The molecule has 1 nitrogen and oxygen atoms in total. The number of fused-ring (bicyclic) bond motifs is 5. The zero-order valence-electron chi connectivity index (χ0n) is 28.7. The Kier molecular flexibility index (Phi) is 10.2.